The van der Waals surface area contributed by atoms with Crippen LogP contribution in [0.2, 0.25) is 0 Å². The van der Waals surface area contributed by atoms with Gasteiger partial charge in [-0.3, -0.25) is 9.69 Å². The van der Waals surface area contributed by atoms with Crippen LogP contribution in [0.4, 0.5) is 4.79 Å². The molecular formula is C13H21N5O3S. The second-order valence-corrected chi connectivity index (χ2v) is 5.96. The maximum Gasteiger partial charge on any atom is 0.317 e. The minimum atomic E-state index is -0.379. The second-order valence-electron chi connectivity index (χ2n) is 5.24. The lowest BCUT2D eigenvalue weighted by molar-refractivity contribution is -0.119. The zero-order valence-corrected chi connectivity index (χ0v) is 13.3. The van der Waals surface area contributed by atoms with Crippen molar-refractivity contribution in [2.45, 2.75) is 12.6 Å². The van der Waals surface area contributed by atoms with E-state index in [1.54, 1.807) is 22.4 Å². The van der Waals surface area contributed by atoms with Crippen molar-refractivity contribution in [2.75, 3.05) is 39.8 Å². The van der Waals surface area contributed by atoms with Crippen LogP contribution in [-0.2, 0) is 16.1 Å². The Labute approximate surface area is 133 Å². The molecule has 1 aromatic rings. The molecule has 8 nitrogen and oxygen atoms in total. The topological polar surface area (TPSA) is 101 Å². The first-order chi connectivity index (χ1) is 10.5. The molecule has 0 bridgehead atoms. The highest BCUT2D eigenvalue weighted by molar-refractivity contribution is 7.07. The summed E-state index contributed by atoms with van der Waals surface area (Å²) in [5.41, 5.74) is 7.75. The van der Waals surface area contributed by atoms with Gasteiger partial charge >= 0.3 is 6.03 Å². The monoisotopic (exact) mass is 327 g/mol. The Morgan fingerprint density at radius 3 is 3.14 bits per heavy atom. The molecule has 1 aromatic heterocycles. The molecule has 1 atom stereocenters. The fourth-order valence-corrected chi connectivity index (χ4v) is 2.85. The Balaban J connectivity index is 1.76. The van der Waals surface area contributed by atoms with Gasteiger partial charge in [0.05, 0.1) is 37.0 Å². The van der Waals surface area contributed by atoms with E-state index >= 15 is 0 Å². The van der Waals surface area contributed by atoms with E-state index in [1.807, 2.05) is 5.38 Å². The van der Waals surface area contributed by atoms with E-state index in [9.17, 15) is 9.59 Å². The number of nitrogens with zero attached hydrogens (tertiary/aromatic N) is 3. The van der Waals surface area contributed by atoms with Gasteiger partial charge in [-0.15, -0.1) is 11.3 Å². The van der Waals surface area contributed by atoms with Gasteiger partial charge in [0.1, 0.15) is 0 Å². The number of primary amides is 1. The Morgan fingerprint density at radius 2 is 2.45 bits per heavy atom. The summed E-state index contributed by atoms with van der Waals surface area (Å²) in [7, 11) is 1.80. The molecule has 3 N–H and O–H groups in total. The smallest absolute Gasteiger partial charge is 0.317 e. The summed E-state index contributed by atoms with van der Waals surface area (Å²) in [5, 5.41) is 4.75. The number of urea groups is 1. The van der Waals surface area contributed by atoms with Gasteiger partial charge in [-0.25, -0.2) is 9.78 Å². The van der Waals surface area contributed by atoms with Crippen molar-refractivity contribution in [2.24, 2.45) is 5.73 Å². The van der Waals surface area contributed by atoms with Crippen molar-refractivity contribution >= 4 is 23.3 Å². The molecule has 3 amide bonds. The molecule has 1 saturated heterocycles. The van der Waals surface area contributed by atoms with E-state index < -0.39 is 0 Å². The van der Waals surface area contributed by atoms with Crippen LogP contribution in [0.5, 0.6) is 0 Å². The third-order valence-corrected chi connectivity index (χ3v) is 3.91. The first-order valence-corrected chi connectivity index (χ1v) is 7.97. The third-order valence-electron chi connectivity index (χ3n) is 3.27. The van der Waals surface area contributed by atoms with Crippen molar-refractivity contribution in [1.82, 2.24) is 20.1 Å². The molecule has 1 unspecified atom stereocenters. The quantitative estimate of drug-likeness (QED) is 0.731. The first kappa shape index (κ1) is 16.7. The van der Waals surface area contributed by atoms with Crippen LogP contribution >= 0.6 is 11.3 Å². The van der Waals surface area contributed by atoms with Crippen molar-refractivity contribution in [1.29, 1.82) is 0 Å². The van der Waals surface area contributed by atoms with Crippen molar-refractivity contribution < 1.29 is 14.3 Å². The molecule has 2 heterocycles. The molecule has 22 heavy (non-hydrogen) atoms. The maximum absolute atomic E-state index is 12.1. The number of hydrogen-bond donors (Lipinski definition) is 2. The van der Waals surface area contributed by atoms with E-state index in [1.165, 1.54) is 11.3 Å². The number of morpholine rings is 1. The first-order valence-electron chi connectivity index (χ1n) is 7.03. The zero-order valence-electron chi connectivity index (χ0n) is 12.5. The molecule has 1 fully saturated rings. The summed E-state index contributed by atoms with van der Waals surface area (Å²) in [6, 6.07) is -0.126. The molecule has 0 aliphatic carbocycles. The van der Waals surface area contributed by atoms with Crippen LogP contribution in [0, 0.1) is 0 Å². The molecule has 122 valence electrons. The summed E-state index contributed by atoms with van der Waals surface area (Å²) in [4.78, 5) is 30.7. The van der Waals surface area contributed by atoms with E-state index in [2.05, 4.69) is 10.3 Å². The number of rotatable bonds is 6. The van der Waals surface area contributed by atoms with Crippen molar-refractivity contribution in [3.05, 3.63) is 16.6 Å². The minimum absolute atomic E-state index is 0.122. The summed E-state index contributed by atoms with van der Waals surface area (Å²) < 4.78 is 5.63. The van der Waals surface area contributed by atoms with Crippen LogP contribution < -0.4 is 11.1 Å². The number of nitrogens with one attached hydrogen (secondary N) is 1. The largest absolute Gasteiger partial charge is 0.373 e. The third kappa shape index (κ3) is 5.24. The number of hydrogen-bond acceptors (Lipinski definition) is 6. The number of amides is 3. The number of carbonyl (C=O) groups is 2. The highest BCUT2D eigenvalue weighted by Crippen LogP contribution is 2.07. The summed E-state index contributed by atoms with van der Waals surface area (Å²) in [6.45, 7) is 2.69. The van der Waals surface area contributed by atoms with Crippen LogP contribution in [0.3, 0.4) is 0 Å². The molecule has 0 aromatic carbocycles. The van der Waals surface area contributed by atoms with Gasteiger partial charge in [0.15, 0.2) is 0 Å². The van der Waals surface area contributed by atoms with Gasteiger partial charge in [0.25, 0.3) is 0 Å². The lowest BCUT2D eigenvalue weighted by Crippen LogP contribution is -2.52. The Hall–Kier alpha value is -1.71. The number of nitrogens with two attached hydrogens (primary N) is 1. The molecular weight excluding hydrogens is 306 g/mol. The summed E-state index contributed by atoms with van der Waals surface area (Å²) in [5.74, 6) is -0.379. The Morgan fingerprint density at radius 1 is 1.64 bits per heavy atom. The number of likely N-dealkylation sites (N-methyl/N-ethyl adjacent to an activating group) is 1. The number of thiazole rings is 1. The van der Waals surface area contributed by atoms with Crippen molar-refractivity contribution in [3.8, 4) is 0 Å². The predicted molar refractivity (Wildman–Crippen MR) is 82.4 cm³/mol. The SMILES string of the molecule is CN(CC(N)=O)CC1CN(C(=O)NCc2cscn2)CCO1. The normalized spacial score (nSPS) is 18.5. The van der Waals surface area contributed by atoms with Gasteiger partial charge in [-0.2, -0.15) is 0 Å². The molecule has 1 aliphatic heterocycles. The van der Waals surface area contributed by atoms with E-state index in [0.29, 0.717) is 32.8 Å². The highest BCUT2D eigenvalue weighted by Gasteiger charge is 2.25. The molecule has 2 rings (SSSR count). The van der Waals surface area contributed by atoms with E-state index in [4.69, 9.17) is 10.5 Å². The fourth-order valence-electron chi connectivity index (χ4n) is 2.30. The zero-order chi connectivity index (χ0) is 15.9. The van der Waals surface area contributed by atoms with E-state index in [-0.39, 0.29) is 24.6 Å². The fraction of sp³-hybridized carbons (Fsp3) is 0.615. The minimum Gasteiger partial charge on any atom is -0.373 e. The lowest BCUT2D eigenvalue weighted by atomic mass is 10.2. The lowest BCUT2D eigenvalue weighted by Gasteiger charge is -2.34. The van der Waals surface area contributed by atoms with Gasteiger partial charge in [0, 0.05) is 25.0 Å². The summed E-state index contributed by atoms with van der Waals surface area (Å²) in [6.07, 6.45) is -0.122. The van der Waals surface area contributed by atoms with Gasteiger partial charge in [0.2, 0.25) is 5.91 Å². The number of carbonyl (C=O) groups excluding carboxylic acids is 2. The predicted octanol–water partition coefficient (Wildman–Crippen LogP) is -0.529. The van der Waals surface area contributed by atoms with E-state index in [0.717, 1.165) is 5.69 Å². The molecule has 9 heteroatoms. The average Bonchev–Trinajstić information content (AvgIpc) is 2.97. The standard InChI is InChI=1S/C13H21N5O3S/c1-17(7-12(14)19)5-11-6-18(2-3-21-11)13(20)15-4-10-8-22-9-16-10/h8-9,11H,2-7H2,1H3,(H2,14,19)(H,15,20). The summed E-state index contributed by atoms with van der Waals surface area (Å²) >= 11 is 1.50. The van der Waals surface area contributed by atoms with Crippen molar-refractivity contribution in [3.63, 3.8) is 0 Å². The maximum atomic E-state index is 12.1. The highest BCUT2D eigenvalue weighted by atomic mass is 32.1. The molecule has 0 saturated carbocycles. The van der Waals surface area contributed by atoms with Gasteiger partial charge in [-0.05, 0) is 7.05 Å². The Kier molecular flexibility index (Phi) is 6.10. The molecule has 0 spiro atoms. The average molecular weight is 327 g/mol. The van der Waals surface area contributed by atoms with Crippen LogP contribution in [0.15, 0.2) is 10.9 Å². The number of ether oxygens (including phenoxy) is 1. The Bertz CT molecular complexity index is 496. The van der Waals surface area contributed by atoms with Crippen LogP contribution in [0.25, 0.3) is 0 Å². The van der Waals surface area contributed by atoms with Gasteiger partial charge < -0.3 is 20.7 Å². The molecule has 0 radical (unpaired) electrons. The van der Waals surface area contributed by atoms with Gasteiger partial charge in [-0.1, -0.05) is 0 Å². The number of aromatic nitrogens is 1. The van der Waals surface area contributed by atoms with Crippen LogP contribution in [-0.4, -0.2) is 72.7 Å². The van der Waals surface area contributed by atoms with Crippen LogP contribution in [0.1, 0.15) is 5.69 Å². The molecule has 1 aliphatic rings. The second kappa shape index (κ2) is 8.06.